The largest absolute Gasteiger partial charge is 0.491 e. The van der Waals surface area contributed by atoms with Gasteiger partial charge in [0.25, 0.3) is 5.91 Å². The first-order chi connectivity index (χ1) is 16.3. The number of benzene rings is 3. The first-order valence-electron chi connectivity index (χ1n) is 10.2. The quantitative estimate of drug-likeness (QED) is 0.323. The van der Waals surface area contributed by atoms with Crippen LogP contribution in [0, 0.1) is 0 Å². The summed E-state index contributed by atoms with van der Waals surface area (Å²) in [6.07, 6.45) is -5.59. The van der Waals surface area contributed by atoms with Gasteiger partial charge in [0.2, 0.25) is 0 Å². The minimum Gasteiger partial charge on any atom is -0.491 e. The van der Waals surface area contributed by atoms with E-state index < -0.39 is 30.4 Å². The number of H-pyrrole nitrogens is 1. The number of rotatable bonds is 7. The molecule has 1 aromatic heterocycles. The number of aliphatic hydroxyl groups is 2. The lowest BCUT2D eigenvalue weighted by molar-refractivity contribution is -0.137. The third-order valence-electron chi connectivity index (χ3n) is 4.99. The van der Waals surface area contributed by atoms with Crippen LogP contribution in [0.2, 0.25) is 0 Å². The van der Waals surface area contributed by atoms with Gasteiger partial charge in [0.15, 0.2) is 0 Å². The highest BCUT2D eigenvalue weighted by Gasteiger charge is 2.34. The van der Waals surface area contributed by atoms with E-state index in [1.807, 2.05) is 0 Å². The first-order valence-corrected chi connectivity index (χ1v) is 10.2. The van der Waals surface area contributed by atoms with Crippen LogP contribution in [-0.2, 0) is 6.18 Å². The van der Waals surface area contributed by atoms with Gasteiger partial charge in [-0.25, -0.2) is 4.98 Å². The summed E-state index contributed by atoms with van der Waals surface area (Å²) < 4.78 is 45.7. The third-order valence-corrected chi connectivity index (χ3v) is 4.99. The van der Waals surface area contributed by atoms with Crippen molar-refractivity contribution >= 4 is 22.6 Å². The number of hydrogen-bond acceptors (Lipinski definition) is 5. The lowest BCUT2D eigenvalue weighted by Gasteiger charge is -2.11. The number of para-hydroxylation sites is 1. The zero-order valence-electron chi connectivity index (χ0n) is 17.6. The van der Waals surface area contributed by atoms with Crippen molar-refractivity contribution in [3.63, 3.8) is 0 Å². The summed E-state index contributed by atoms with van der Waals surface area (Å²) in [5.74, 6) is -0.143. The molecule has 0 saturated carbocycles. The van der Waals surface area contributed by atoms with Crippen LogP contribution in [0.5, 0.6) is 5.75 Å². The van der Waals surface area contributed by atoms with E-state index in [0.717, 1.165) is 6.07 Å². The monoisotopic (exact) mass is 471 g/mol. The second kappa shape index (κ2) is 9.54. The van der Waals surface area contributed by atoms with Crippen LogP contribution in [0.25, 0.3) is 22.4 Å². The van der Waals surface area contributed by atoms with Crippen LogP contribution in [0.1, 0.15) is 15.9 Å². The normalized spacial score (nSPS) is 12.5. The molecule has 7 nitrogen and oxygen atoms in total. The summed E-state index contributed by atoms with van der Waals surface area (Å²) in [6, 6.07) is 16.3. The Bertz CT molecular complexity index is 1320. The molecule has 0 aliphatic rings. The molecule has 1 heterocycles. The molecule has 4 aromatic rings. The maximum absolute atomic E-state index is 13.4. The van der Waals surface area contributed by atoms with Gasteiger partial charge in [-0.1, -0.05) is 30.3 Å². The number of nitrogens with zero attached hydrogens (tertiary/aromatic N) is 1. The van der Waals surface area contributed by atoms with Gasteiger partial charge in [-0.2, -0.15) is 13.2 Å². The second-order valence-electron chi connectivity index (χ2n) is 7.46. The summed E-state index contributed by atoms with van der Waals surface area (Å²) in [4.78, 5) is 20.1. The zero-order valence-corrected chi connectivity index (χ0v) is 17.6. The number of aromatic nitrogens is 2. The average Bonchev–Trinajstić information content (AvgIpc) is 3.26. The minimum atomic E-state index is -4.56. The lowest BCUT2D eigenvalue weighted by atomic mass is 10.1. The summed E-state index contributed by atoms with van der Waals surface area (Å²) in [6.45, 7) is -0.567. The molecule has 0 saturated heterocycles. The topological polar surface area (TPSA) is 107 Å². The first kappa shape index (κ1) is 23.3. The number of anilines is 1. The Balaban J connectivity index is 1.62. The van der Waals surface area contributed by atoms with Gasteiger partial charge >= 0.3 is 6.18 Å². The Kier molecular flexibility index (Phi) is 6.53. The fourth-order valence-corrected chi connectivity index (χ4v) is 3.39. The van der Waals surface area contributed by atoms with Gasteiger partial charge in [-0.05, 0) is 30.3 Å². The van der Waals surface area contributed by atoms with E-state index in [9.17, 15) is 23.1 Å². The standard InChI is InChI=1S/C24H20F3N3O4/c25-24(26,27)19-9-2-1-7-17(19)22-29-20-10-4-8-18(21(20)30-22)23(33)28-14-5-3-6-16(11-14)34-13-15(32)12-31/h1-11,15,31-32H,12-13H2,(H,28,33)(H,29,30). The molecule has 0 aliphatic heterocycles. The minimum absolute atomic E-state index is 0.000938. The number of carbonyl (C=O) groups is 1. The third kappa shape index (κ3) is 5.03. The van der Waals surface area contributed by atoms with Crippen LogP contribution >= 0.6 is 0 Å². The maximum atomic E-state index is 13.4. The number of aliphatic hydroxyl groups excluding tert-OH is 2. The molecule has 10 heteroatoms. The van der Waals surface area contributed by atoms with Crippen molar-refractivity contribution in [3.05, 3.63) is 77.9 Å². The Morgan fingerprint density at radius 3 is 2.62 bits per heavy atom. The predicted molar refractivity (Wildman–Crippen MR) is 120 cm³/mol. The number of imidazole rings is 1. The molecule has 0 aliphatic carbocycles. The molecule has 176 valence electrons. The van der Waals surface area contributed by atoms with E-state index >= 15 is 0 Å². The number of fused-ring (bicyclic) bond motifs is 1. The lowest BCUT2D eigenvalue weighted by Crippen LogP contribution is -2.21. The smallest absolute Gasteiger partial charge is 0.417 e. The SMILES string of the molecule is O=C(Nc1cccc(OCC(O)CO)c1)c1cccc2[nH]c(-c3ccccc3C(F)(F)F)nc12. The maximum Gasteiger partial charge on any atom is 0.417 e. The van der Waals surface area contributed by atoms with E-state index in [-0.39, 0.29) is 29.1 Å². The molecule has 3 aromatic carbocycles. The molecule has 4 rings (SSSR count). The number of halogens is 3. The number of carbonyl (C=O) groups excluding carboxylic acids is 1. The number of alkyl halides is 3. The number of hydrogen-bond donors (Lipinski definition) is 4. The Morgan fingerprint density at radius 1 is 1.09 bits per heavy atom. The molecule has 0 radical (unpaired) electrons. The number of ether oxygens (including phenoxy) is 1. The molecule has 1 atom stereocenters. The second-order valence-corrected chi connectivity index (χ2v) is 7.46. The van der Waals surface area contributed by atoms with E-state index in [1.165, 1.54) is 30.3 Å². The Labute approximate surface area is 191 Å². The fourth-order valence-electron chi connectivity index (χ4n) is 3.39. The van der Waals surface area contributed by atoms with Gasteiger partial charge in [0.05, 0.1) is 23.3 Å². The number of aromatic amines is 1. The summed E-state index contributed by atoms with van der Waals surface area (Å²) in [5, 5.41) is 21.0. The van der Waals surface area contributed by atoms with Crippen LogP contribution in [-0.4, -0.2) is 45.4 Å². The molecular weight excluding hydrogens is 451 g/mol. The fraction of sp³-hybridized carbons (Fsp3) is 0.167. The van der Waals surface area contributed by atoms with Gasteiger partial charge < -0.3 is 25.3 Å². The predicted octanol–water partition coefficient (Wildman–Crippen LogP) is 4.23. The van der Waals surface area contributed by atoms with E-state index in [1.54, 1.807) is 30.3 Å². The zero-order chi connectivity index (χ0) is 24.3. The van der Waals surface area contributed by atoms with Crippen molar-refractivity contribution in [2.75, 3.05) is 18.5 Å². The van der Waals surface area contributed by atoms with Crippen molar-refractivity contribution < 1.29 is 32.9 Å². The highest BCUT2D eigenvalue weighted by molar-refractivity contribution is 6.11. The summed E-state index contributed by atoms with van der Waals surface area (Å²) in [7, 11) is 0. The summed E-state index contributed by atoms with van der Waals surface area (Å²) >= 11 is 0. The molecule has 4 N–H and O–H groups in total. The van der Waals surface area contributed by atoms with Crippen molar-refractivity contribution in [2.45, 2.75) is 12.3 Å². The van der Waals surface area contributed by atoms with Crippen molar-refractivity contribution in [3.8, 4) is 17.1 Å². The number of amides is 1. The van der Waals surface area contributed by atoms with Crippen LogP contribution in [0.4, 0.5) is 18.9 Å². The van der Waals surface area contributed by atoms with Crippen LogP contribution < -0.4 is 10.1 Å². The van der Waals surface area contributed by atoms with E-state index in [2.05, 4.69) is 15.3 Å². The van der Waals surface area contributed by atoms with Crippen molar-refractivity contribution in [2.24, 2.45) is 0 Å². The Hall–Kier alpha value is -3.89. The molecular formula is C24H20F3N3O4. The highest BCUT2D eigenvalue weighted by atomic mass is 19.4. The van der Waals surface area contributed by atoms with Gasteiger partial charge in [0, 0.05) is 17.3 Å². The molecule has 1 amide bonds. The highest BCUT2D eigenvalue weighted by Crippen LogP contribution is 2.36. The van der Waals surface area contributed by atoms with Crippen LogP contribution in [0.15, 0.2) is 66.7 Å². The van der Waals surface area contributed by atoms with Gasteiger partial charge in [0.1, 0.15) is 29.8 Å². The molecule has 1 unspecified atom stereocenters. The Morgan fingerprint density at radius 2 is 1.85 bits per heavy atom. The van der Waals surface area contributed by atoms with E-state index in [4.69, 9.17) is 9.84 Å². The van der Waals surface area contributed by atoms with Gasteiger partial charge in [-0.15, -0.1) is 0 Å². The molecule has 0 bridgehead atoms. The molecule has 0 spiro atoms. The van der Waals surface area contributed by atoms with Crippen molar-refractivity contribution in [1.82, 2.24) is 9.97 Å². The van der Waals surface area contributed by atoms with Crippen LogP contribution in [0.3, 0.4) is 0 Å². The average molecular weight is 471 g/mol. The number of nitrogens with one attached hydrogen (secondary N) is 2. The summed E-state index contributed by atoms with van der Waals surface area (Å²) in [5.41, 5.74) is 0.262. The van der Waals surface area contributed by atoms with Gasteiger partial charge in [-0.3, -0.25) is 4.79 Å². The van der Waals surface area contributed by atoms with E-state index in [0.29, 0.717) is 17.0 Å². The van der Waals surface area contributed by atoms with Crippen molar-refractivity contribution in [1.29, 1.82) is 0 Å². The molecule has 0 fully saturated rings. The molecule has 34 heavy (non-hydrogen) atoms.